The van der Waals surface area contributed by atoms with Crippen LogP contribution in [0.2, 0.25) is 0 Å². The maximum atomic E-state index is 14.2. The molecular formula is C34H40FN7O3. The van der Waals surface area contributed by atoms with Crippen LogP contribution < -0.4 is 15.0 Å². The highest BCUT2D eigenvalue weighted by molar-refractivity contribution is 6.02. The highest BCUT2D eigenvalue weighted by atomic mass is 19.1. The number of imidazole rings is 1. The van der Waals surface area contributed by atoms with Gasteiger partial charge in [-0.2, -0.15) is 0 Å². The Hall–Kier alpha value is -4.77. The van der Waals surface area contributed by atoms with Gasteiger partial charge in [0.05, 0.1) is 29.7 Å². The number of likely N-dealkylation sites (N-methyl/N-ethyl adjacent to an activating group) is 1. The van der Waals surface area contributed by atoms with Gasteiger partial charge in [0.15, 0.2) is 0 Å². The van der Waals surface area contributed by atoms with Crippen molar-refractivity contribution in [2.45, 2.75) is 26.3 Å². The molecule has 0 aliphatic carbocycles. The molecule has 1 aliphatic heterocycles. The first-order valence-corrected chi connectivity index (χ1v) is 15.3. The quantitative estimate of drug-likeness (QED) is 0.266. The third kappa shape index (κ3) is 7.15. The van der Waals surface area contributed by atoms with Crippen LogP contribution in [0.1, 0.15) is 41.0 Å². The summed E-state index contributed by atoms with van der Waals surface area (Å²) in [5, 5.41) is 3.08. The van der Waals surface area contributed by atoms with E-state index in [1.165, 1.54) is 18.2 Å². The normalized spacial score (nSPS) is 14.9. The number of ether oxygens (including phenoxy) is 1. The summed E-state index contributed by atoms with van der Waals surface area (Å²) in [7, 11) is 3.93. The Morgan fingerprint density at radius 2 is 1.89 bits per heavy atom. The van der Waals surface area contributed by atoms with Crippen molar-refractivity contribution in [3.63, 3.8) is 0 Å². The molecule has 0 spiro atoms. The zero-order valence-corrected chi connectivity index (χ0v) is 26.2. The van der Waals surface area contributed by atoms with Crippen LogP contribution in [0.4, 0.5) is 10.1 Å². The van der Waals surface area contributed by atoms with Crippen molar-refractivity contribution in [3.8, 4) is 22.7 Å². The van der Waals surface area contributed by atoms with Crippen LogP contribution in [0, 0.1) is 5.82 Å². The number of aromatic nitrogens is 3. The second kappa shape index (κ2) is 14.3. The second-order valence-corrected chi connectivity index (χ2v) is 11.2. The van der Waals surface area contributed by atoms with Crippen molar-refractivity contribution in [1.82, 2.24) is 29.7 Å². The average molecular weight is 614 g/mol. The summed E-state index contributed by atoms with van der Waals surface area (Å²) < 4.78 is 21.6. The van der Waals surface area contributed by atoms with Gasteiger partial charge in [-0.15, -0.1) is 0 Å². The Morgan fingerprint density at radius 1 is 1.04 bits per heavy atom. The van der Waals surface area contributed by atoms with E-state index in [0.717, 1.165) is 23.2 Å². The molecule has 2 aromatic carbocycles. The molecule has 0 bridgehead atoms. The molecule has 1 atom stereocenters. The number of carbonyl (C=O) groups is 2. The minimum absolute atomic E-state index is 0.0450. The Kier molecular flexibility index (Phi) is 10.1. The third-order valence-corrected chi connectivity index (χ3v) is 7.97. The topological polar surface area (TPSA) is 95.8 Å². The van der Waals surface area contributed by atoms with Crippen LogP contribution >= 0.6 is 0 Å². The molecule has 11 heteroatoms. The van der Waals surface area contributed by atoms with E-state index < -0.39 is 5.82 Å². The summed E-state index contributed by atoms with van der Waals surface area (Å²) in [6, 6.07) is 13.8. The van der Waals surface area contributed by atoms with Crippen molar-refractivity contribution in [2.24, 2.45) is 0 Å². The van der Waals surface area contributed by atoms with E-state index in [1.54, 1.807) is 29.5 Å². The van der Waals surface area contributed by atoms with Crippen LogP contribution in [-0.4, -0.2) is 95.6 Å². The molecule has 5 rings (SSSR count). The van der Waals surface area contributed by atoms with Gasteiger partial charge in [0, 0.05) is 68.6 Å². The predicted molar refractivity (Wildman–Crippen MR) is 173 cm³/mol. The molecule has 2 amide bonds. The number of rotatable bonds is 11. The minimum Gasteiger partial charge on any atom is -0.478 e. The largest absolute Gasteiger partial charge is 0.478 e. The molecule has 1 fully saturated rings. The number of carbonyl (C=O) groups excluding carboxylic acids is 2. The van der Waals surface area contributed by atoms with E-state index in [1.807, 2.05) is 61.2 Å². The lowest BCUT2D eigenvalue weighted by molar-refractivity contribution is 0.0720. The van der Waals surface area contributed by atoms with Crippen molar-refractivity contribution >= 4 is 17.5 Å². The standard InChI is InChI=1S/C34H40FN7O3/c1-5-26-22-40(34(44)28-11-10-25(35)21-31(28)41-17-14-36-23-41)18-19-42(26)30-12-9-24(27-8-7-13-38-33(27)45-6-2)20-29(30)32(43)37-15-16-39(3)4/h7-14,17,20-21,23,26H,5-6,15-16,18-19,22H2,1-4H3,(H,37,43)/t26-/m1/s1. The number of pyridine rings is 1. The SMILES string of the molecule is CCOc1ncccc1-c1ccc(N2CCN(C(=O)c3ccc(F)cc3-n3ccnc3)C[C@H]2CC)c(C(=O)NCCN(C)C)c1. The fourth-order valence-corrected chi connectivity index (χ4v) is 5.66. The smallest absolute Gasteiger partial charge is 0.256 e. The number of amides is 2. The number of anilines is 1. The van der Waals surface area contributed by atoms with Crippen LogP contribution in [0.15, 0.2) is 73.4 Å². The number of benzene rings is 2. The summed E-state index contributed by atoms with van der Waals surface area (Å²) in [5.74, 6) is -0.249. The summed E-state index contributed by atoms with van der Waals surface area (Å²) in [5.41, 5.74) is 3.85. The summed E-state index contributed by atoms with van der Waals surface area (Å²) in [6.07, 6.45) is 7.28. The van der Waals surface area contributed by atoms with Gasteiger partial charge >= 0.3 is 0 Å². The Morgan fingerprint density at radius 3 is 2.62 bits per heavy atom. The molecule has 1 N–H and O–H groups in total. The van der Waals surface area contributed by atoms with Gasteiger partial charge in [0.25, 0.3) is 11.8 Å². The number of halogens is 1. The molecule has 0 saturated carbocycles. The number of hydrogen-bond acceptors (Lipinski definition) is 7. The maximum Gasteiger partial charge on any atom is 0.256 e. The van der Waals surface area contributed by atoms with E-state index >= 15 is 0 Å². The molecule has 0 radical (unpaired) electrons. The maximum absolute atomic E-state index is 14.2. The number of nitrogens with zero attached hydrogens (tertiary/aromatic N) is 6. The van der Waals surface area contributed by atoms with Crippen LogP contribution in [-0.2, 0) is 0 Å². The predicted octanol–water partition coefficient (Wildman–Crippen LogP) is 4.50. The Balaban J connectivity index is 1.45. The second-order valence-electron chi connectivity index (χ2n) is 11.2. The molecule has 3 heterocycles. The van der Waals surface area contributed by atoms with Crippen molar-refractivity contribution in [2.75, 3.05) is 58.3 Å². The van der Waals surface area contributed by atoms with Crippen molar-refractivity contribution in [1.29, 1.82) is 0 Å². The highest BCUT2D eigenvalue weighted by Crippen LogP contribution is 2.34. The highest BCUT2D eigenvalue weighted by Gasteiger charge is 2.32. The number of hydrogen-bond donors (Lipinski definition) is 1. The van der Waals surface area contributed by atoms with E-state index in [2.05, 4.69) is 27.1 Å². The van der Waals surface area contributed by atoms with Gasteiger partial charge in [0.1, 0.15) is 5.82 Å². The molecule has 0 unspecified atom stereocenters. The summed E-state index contributed by atoms with van der Waals surface area (Å²) in [4.78, 5) is 42.1. The van der Waals surface area contributed by atoms with Crippen LogP contribution in [0.5, 0.6) is 5.88 Å². The van der Waals surface area contributed by atoms with E-state index in [9.17, 15) is 14.0 Å². The van der Waals surface area contributed by atoms with Gasteiger partial charge in [-0.1, -0.05) is 13.0 Å². The molecule has 1 aliphatic rings. The number of nitrogens with one attached hydrogen (secondary N) is 1. The van der Waals surface area contributed by atoms with Crippen LogP contribution in [0.25, 0.3) is 16.8 Å². The van der Waals surface area contributed by atoms with Crippen molar-refractivity contribution < 1.29 is 18.7 Å². The number of piperazine rings is 1. The molecule has 45 heavy (non-hydrogen) atoms. The van der Waals surface area contributed by atoms with E-state index in [-0.39, 0.29) is 17.9 Å². The lowest BCUT2D eigenvalue weighted by Gasteiger charge is -2.43. The average Bonchev–Trinajstić information content (AvgIpc) is 3.59. The molecule has 1 saturated heterocycles. The fourth-order valence-electron chi connectivity index (χ4n) is 5.66. The summed E-state index contributed by atoms with van der Waals surface area (Å²) >= 11 is 0. The molecular weight excluding hydrogens is 573 g/mol. The Labute approximate surface area is 263 Å². The lowest BCUT2D eigenvalue weighted by Crippen LogP contribution is -2.55. The molecule has 4 aromatic rings. The first kappa shape index (κ1) is 31.6. The monoisotopic (exact) mass is 613 g/mol. The van der Waals surface area contributed by atoms with Gasteiger partial charge < -0.3 is 29.3 Å². The van der Waals surface area contributed by atoms with Gasteiger partial charge in [-0.3, -0.25) is 9.59 Å². The Bertz CT molecular complexity index is 1630. The minimum atomic E-state index is -0.425. The van der Waals surface area contributed by atoms with E-state index in [0.29, 0.717) is 62.0 Å². The zero-order chi connectivity index (χ0) is 31.9. The van der Waals surface area contributed by atoms with Gasteiger partial charge in [0.2, 0.25) is 5.88 Å². The first-order valence-electron chi connectivity index (χ1n) is 15.3. The van der Waals surface area contributed by atoms with Gasteiger partial charge in [-0.25, -0.2) is 14.4 Å². The zero-order valence-electron chi connectivity index (χ0n) is 26.2. The molecule has 2 aromatic heterocycles. The lowest BCUT2D eigenvalue weighted by atomic mass is 9.99. The van der Waals surface area contributed by atoms with Crippen molar-refractivity contribution in [3.05, 3.63) is 90.4 Å². The van der Waals surface area contributed by atoms with Crippen LogP contribution in [0.3, 0.4) is 0 Å². The van der Waals surface area contributed by atoms with E-state index in [4.69, 9.17) is 4.74 Å². The van der Waals surface area contributed by atoms with Gasteiger partial charge in [-0.05, 0) is 75.5 Å². The molecule has 10 nitrogen and oxygen atoms in total. The molecule has 236 valence electrons. The summed E-state index contributed by atoms with van der Waals surface area (Å²) in [6.45, 7) is 7.10. The fraction of sp³-hybridized carbons (Fsp3) is 0.353. The third-order valence-electron chi connectivity index (χ3n) is 7.97. The first-order chi connectivity index (χ1) is 21.8.